The van der Waals surface area contributed by atoms with Gasteiger partial charge in [0.1, 0.15) is 6.33 Å². The lowest BCUT2D eigenvalue weighted by molar-refractivity contribution is -0.128. The Hall–Kier alpha value is -2.50. The Morgan fingerprint density at radius 3 is 2.83 bits per heavy atom. The fourth-order valence-electron chi connectivity index (χ4n) is 2.96. The number of aryl methyl sites for hydroxylation is 1. The van der Waals surface area contributed by atoms with Gasteiger partial charge < -0.3 is 10.2 Å². The molecule has 24 heavy (non-hydrogen) atoms. The topological polar surface area (TPSA) is 58.1 Å². The van der Waals surface area contributed by atoms with Crippen molar-refractivity contribution in [3.63, 3.8) is 0 Å². The van der Waals surface area contributed by atoms with E-state index in [1.165, 1.54) is 6.33 Å². The van der Waals surface area contributed by atoms with Crippen molar-refractivity contribution in [1.82, 2.24) is 14.9 Å². The largest absolute Gasteiger partial charge is 0.367 e. The van der Waals surface area contributed by atoms with Gasteiger partial charge in [-0.05, 0) is 12.0 Å². The smallest absolute Gasteiger partial charge is 0.223 e. The second-order valence-electron chi connectivity index (χ2n) is 6.05. The summed E-state index contributed by atoms with van der Waals surface area (Å²) in [4.78, 5) is 21.9. The minimum atomic E-state index is -0.398. The molecule has 2 aromatic rings. The van der Waals surface area contributed by atoms with E-state index >= 15 is 0 Å². The predicted octanol–water partition coefficient (Wildman–Crippen LogP) is 2.64. The molecule has 5 nitrogen and oxygen atoms in total. The van der Waals surface area contributed by atoms with Gasteiger partial charge in [0.2, 0.25) is 5.91 Å². The van der Waals surface area contributed by atoms with Crippen LogP contribution in [-0.2, 0) is 17.8 Å². The standard InChI is InChI=1S/C18H21FN4O/c1-2-15-17(19)18(22-12-21-15)20-9-14-8-16(24)23(11-14)10-13-6-4-3-5-7-13/h3-7,12,14H,2,8-11H2,1H3,(H,20,21,22). The Morgan fingerprint density at radius 1 is 1.29 bits per heavy atom. The molecule has 0 saturated carbocycles. The number of rotatable bonds is 6. The van der Waals surface area contributed by atoms with E-state index < -0.39 is 5.82 Å². The Kier molecular flexibility index (Phi) is 5.03. The second-order valence-corrected chi connectivity index (χ2v) is 6.05. The lowest BCUT2D eigenvalue weighted by Crippen LogP contribution is -2.25. The highest BCUT2D eigenvalue weighted by Gasteiger charge is 2.29. The third-order valence-electron chi connectivity index (χ3n) is 4.27. The zero-order valence-electron chi connectivity index (χ0n) is 13.7. The maximum atomic E-state index is 14.1. The molecule has 0 spiro atoms. The summed E-state index contributed by atoms with van der Waals surface area (Å²) in [5.41, 5.74) is 1.52. The van der Waals surface area contributed by atoms with Gasteiger partial charge in [0.15, 0.2) is 11.6 Å². The van der Waals surface area contributed by atoms with Crippen LogP contribution in [0.4, 0.5) is 10.2 Å². The molecule has 126 valence electrons. The third-order valence-corrected chi connectivity index (χ3v) is 4.27. The molecule has 3 rings (SSSR count). The van der Waals surface area contributed by atoms with E-state index in [1.807, 2.05) is 42.2 Å². The van der Waals surface area contributed by atoms with E-state index in [0.717, 1.165) is 5.56 Å². The summed E-state index contributed by atoms with van der Waals surface area (Å²) in [6.45, 7) is 3.67. The molecule has 6 heteroatoms. The fraction of sp³-hybridized carbons (Fsp3) is 0.389. The van der Waals surface area contributed by atoms with E-state index in [1.54, 1.807) is 0 Å². The minimum absolute atomic E-state index is 0.142. The first-order chi connectivity index (χ1) is 11.7. The Morgan fingerprint density at radius 2 is 2.08 bits per heavy atom. The molecule has 0 aliphatic carbocycles. The molecule has 1 saturated heterocycles. The van der Waals surface area contributed by atoms with Gasteiger partial charge in [-0.1, -0.05) is 37.3 Å². The molecule has 1 unspecified atom stereocenters. The van der Waals surface area contributed by atoms with Gasteiger partial charge in [0.25, 0.3) is 0 Å². The van der Waals surface area contributed by atoms with Crippen molar-refractivity contribution in [2.24, 2.45) is 5.92 Å². The number of nitrogens with zero attached hydrogens (tertiary/aromatic N) is 3. The maximum absolute atomic E-state index is 14.1. The van der Waals surface area contributed by atoms with Gasteiger partial charge in [0.05, 0.1) is 5.69 Å². The first-order valence-electron chi connectivity index (χ1n) is 8.22. The highest BCUT2D eigenvalue weighted by molar-refractivity contribution is 5.78. The summed E-state index contributed by atoms with van der Waals surface area (Å²) in [7, 11) is 0. The number of amides is 1. The number of carbonyl (C=O) groups excluding carboxylic acids is 1. The molecule has 1 amide bonds. The van der Waals surface area contributed by atoms with Crippen molar-refractivity contribution in [2.75, 3.05) is 18.4 Å². The Bertz CT molecular complexity index is 707. The average molecular weight is 328 g/mol. The molecule has 1 aromatic carbocycles. The van der Waals surface area contributed by atoms with Gasteiger partial charge in [-0.3, -0.25) is 4.79 Å². The summed E-state index contributed by atoms with van der Waals surface area (Å²) < 4.78 is 14.1. The number of anilines is 1. The predicted molar refractivity (Wildman–Crippen MR) is 89.8 cm³/mol. The number of carbonyl (C=O) groups is 1. The van der Waals surface area contributed by atoms with E-state index in [4.69, 9.17) is 0 Å². The second kappa shape index (κ2) is 7.38. The van der Waals surface area contributed by atoms with E-state index in [-0.39, 0.29) is 17.6 Å². The zero-order valence-corrected chi connectivity index (χ0v) is 13.7. The van der Waals surface area contributed by atoms with Crippen molar-refractivity contribution < 1.29 is 9.18 Å². The number of halogens is 1. The molecule has 1 aliphatic heterocycles. The van der Waals surface area contributed by atoms with Crippen molar-refractivity contribution in [3.05, 3.63) is 53.7 Å². The van der Waals surface area contributed by atoms with E-state index in [2.05, 4.69) is 15.3 Å². The van der Waals surface area contributed by atoms with Crippen LogP contribution in [0.1, 0.15) is 24.6 Å². The first-order valence-corrected chi connectivity index (χ1v) is 8.22. The van der Waals surface area contributed by atoms with Crippen LogP contribution >= 0.6 is 0 Å². The van der Waals surface area contributed by atoms with Crippen LogP contribution in [-0.4, -0.2) is 33.9 Å². The van der Waals surface area contributed by atoms with Gasteiger partial charge in [-0.25, -0.2) is 14.4 Å². The molecule has 1 atom stereocenters. The number of hydrogen-bond acceptors (Lipinski definition) is 4. The summed E-state index contributed by atoms with van der Waals surface area (Å²) in [5, 5.41) is 3.03. The molecule has 1 fully saturated rings. The number of likely N-dealkylation sites (tertiary alicyclic amines) is 1. The Labute approximate surface area is 140 Å². The van der Waals surface area contributed by atoms with Gasteiger partial charge >= 0.3 is 0 Å². The number of aromatic nitrogens is 2. The van der Waals surface area contributed by atoms with Crippen LogP contribution in [0, 0.1) is 11.7 Å². The van der Waals surface area contributed by atoms with Crippen LogP contribution in [0.25, 0.3) is 0 Å². The maximum Gasteiger partial charge on any atom is 0.223 e. The monoisotopic (exact) mass is 328 g/mol. The zero-order chi connectivity index (χ0) is 16.9. The van der Waals surface area contributed by atoms with Gasteiger partial charge in [0, 0.05) is 32.0 Å². The first kappa shape index (κ1) is 16.4. The normalized spacial score (nSPS) is 17.3. The lowest BCUT2D eigenvalue weighted by Gasteiger charge is -2.17. The van der Waals surface area contributed by atoms with Gasteiger partial charge in [-0.2, -0.15) is 0 Å². The number of hydrogen-bond donors (Lipinski definition) is 1. The number of nitrogens with one attached hydrogen (secondary N) is 1. The fourth-order valence-corrected chi connectivity index (χ4v) is 2.96. The van der Waals surface area contributed by atoms with Crippen LogP contribution in [0.15, 0.2) is 36.7 Å². The molecular weight excluding hydrogens is 307 g/mol. The molecule has 0 bridgehead atoms. The lowest BCUT2D eigenvalue weighted by atomic mass is 10.1. The quantitative estimate of drug-likeness (QED) is 0.886. The molecular formula is C18H21FN4O. The average Bonchev–Trinajstić information content (AvgIpc) is 2.94. The van der Waals surface area contributed by atoms with Crippen molar-refractivity contribution in [1.29, 1.82) is 0 Å². The molecule has 1 aromatic heterocycles. The minimum Gasteiger partial charge on any atom is -0.367 e. The molecule has 1 aliphatic rings. The third kappa shape index (κ3) is 3.69. The van der Waals surface area contributed by atoms with E-state index in [9.17, 15) is 9.18 Å². The van der Waals surface area contributed by atoms with Crippen molar-refractivity contribution in [2.45, 2.75) is 26.3 Å². The van der Waals surface area contributed by atoms with Crippen LogP contribution < -0.4 is 5.32 Å². The summed E-state index contributed by atoms with van der Waals surface area (Å²) in [5.74, 6) is 0.116. The Balaban J connectivity index is 1.57. The summed E-state index contributed by atoms with van der Waals surface area (Å²) in [6, 6.07) is 9.93. The highest BCUT2D eigenvalue weighted by Crippen LogP contribution is 2.21. The highest BCUT2D eigenvalue weighted by atomic mass is 19.1. The van der Waals surface area contributed by atoms with Crippen molar-refractivity contribution in [3.8, 4) is 0 Å². The molecule has 1 N–H and O–H groups in total. The van der Waals surface area contributed by atoms with Crippen LogP contribution in [0.3, 0.4) is 0 Å². The molecule has 0 radical (unpaired) electrons. The van der Waals surface area contributed by atoms with Crippen molar-refractivity contribution >= 4 is 11.7 Å². The van der Waals surface area contributed by atoms with Gasteiger partial charge in [-0.15, -0.1) is 0 Å². The number of benzene rings is 1. The molecule has 2 heterocycles. The summed E-state index contributed by atoms with van der Waals surface area (Å²) >= 11 is 0. The van der Waals surface area contributed by atoms with Crippen LogP contribution in [0.5, 0.6) is 0 Å². The summed E-state index contributed by atoms with van der Waals surface area (Å²) in [6.07, 6.45) is 2.37. The van der Waals surface area contributed by atoms with Crippen LogP contribution in [0.2, 0.25) is 0 Å². The van der Waals surface area contributed by atoms with E-state index in [0.29, 0.717) is 38.2 Å². The SMILES string of the molecule is CCc1ncnc(NCC2CC(=O)N(Cc3ccccc3)C2)c1F.